The molecule has 0 amide bonds. The molecule has 0 unspecified atom stereocenters. The topological polar surface area (TPSA) is 12.0 Å². The monoisotopic (exact) mass is 221 g/mol. The summed E-state index contributed by atoms with van der Waals surface area (Å²) in [6, 6.07) is 9.18. The smallest absolute Gasteiger partial charge is 0.126 e. The van der Waals surface area contributed by atoms with Gasteiger partial charge in [0.1, 0.15) is 5.82 Å². The van der Waals surface area contributed by atoms with Crippen molar-refractivity contribution in [3.63, 3.8) is 0 Å². The van der Waals surface area contributed by atoms with Crippen molar-refractivity contribution in [2.75, 3.05) is 5.32 Å². The average molecular weight is 221 g/mol. The number of aryl methyl sites for hydroxylation is 1. The van der Waals surface area contributed by atoms with E-state index in [9.17, 15) is 4.39 Å². The third-order valence-electron chi connectivity index (χ3n) is 2.20. The molecule has 1 aromatic carbocycles. The number of halogens is 1. The first-order valence-corrected chi connectivity index (χ1v) is 5.66. The third kappa shape index (κ3) is 2.57. The molecule has 0 fully saturated rings. The van der Waals surface area contributed by atoms with Gasteiger partial charge in [0.2, 0.25) is 0 Å². The summed E-state index contributed by atoms with van der Waals surface area (Å²) in [5.74, 6) is -0.156. The Morgan fingerprint density at radius 1 is 1.33 bits per heavy atom. The van der Waals surface area contributed by atoms with Gasteiger partial charge in [-0.3, -0.25) is 0 Å². The molecule has 15 heavy (non-hydrogen) atoms. The Balaban J connectivity index is 2.02. The molecule has 78 valence electrons. The van der Waals surface area contributed by atoms with Crippen molar-refractivity contribution in [2.45, 2.75) is 13.5 Å². The summed E-state index contributed by atoms with van der Waals surface area (Å²) < 4.78 is 13.0. The fraction of sp³-hybridized carbons (Fsp3) is 0.167. The van der Waals surface area contributed by atoms with Crippen LogP contribution in [0.15, 0.2) is 35.7 Å². The SMILES string of the molecule is Cc1cc(NCc2cccs2)ccc1F. The Hall–Kier alpha value is -1.35. The highest BCUT2D eigenvalue weighted by atomic mass is 32.1. The molecule has 1 nitrogen and oxygen atoms in total. The predicted molar refractivity (Wildman–Crippen MR) is 62.8 cm³/mol. The van der Waals surface area contributed by atoms with Gasteiger partial charge in [-0.1, -0.05) is 6.07 Å². The van der Waals surface area contributed by atoms with Gasteiger partial charge in [0.25, 0.3) is 0 Å². The van der Waals surface area contributed by atoms with Crippen LogP contribution in [-0.4, -0.2) is 0 Å². The summed E-state index contributed by atoms with van der Waals surface area (Å²) in [5, 5.41) is 5.31. The molecule has 3 heteroatoms. The standard InChI is InChI=1S/C12H12FNS/c1-9-7-10(4-5-12(9)13)14-8-11-3-2-6-15-11/h2-7,14H,8H2,1H3. The Bertz CT molecular complexity index is 437. The molecule has 2 rings (SSSR count). The number of benzene rings is 1. The molecule has 0 atom stereocenters. The van der Waals surface area contributed by atoms with E-state index in [4.69, 9.17) is 0 Å². The second-order valence-corrected chi connectivity index (χ2v) is 4.43. The van der Waals surface area contributed by atoms with Crippen LogP contribution in [0.3, 0.4) is 0 Å². The van der Waals surface area contributed by atoms with Crippen LogP contribution in [0.25, 0.3) is 0 Å². The zero-order valence-electron chi connectivity index (χ0n) is 8.46. The summed E-state index contributed by atoms with van der Waals surface area (Å²) in [6.07, 6.45) is 0. The van der Waals surface area contributed by atoms with E-state index in [1.165, 1.54) is 10.9 Å². The molecule has 0 saturated heterocycles. The lowest BCUT2D eigenvalue weighted by atomic mass is 10.2. The van der Waals surface area contributed by atoms with Crippen LogP contribution < -0.4 is 5.32 Å². The minimum absolute atomic E-state index is 0.156. The Morgan fingerprint density at radius 2 is 2.20 bits per heavy atom. The fourth-order valence-corrected chi connectivity index (χ4v) is 2.00. The van der Waals surface area contributed by atoms with Gasteiger partial charge in [-0.05, 0) is 42.1 Å². The Morgan fingerprint density at radius 3 is 2.87 bits per heavy atom. The molecule has 1 aromatic heterocycles. The van der Waals surface area contributed by atoms with Gasteiger partial charge in [0.15, 0.2) is 0 Å². The average Bonchev–Trinajstić information content (AvgIpc) is 2.73. The molecule has 0 radical (unpaired) electrons. The first kappa shape index (κ1) is 10.2. The zero-order valence-corrected chi connectivity index (χ0v) is 9.27. The van der Waals surface area contributed by atoms with E-state index in [-0.39, 0.29) is 5.82 Å². The quantitative estimate of drug-likeness (QED) is 0.831. The number of hydrogen-bond donors (Lipinski definition) is 1. The van der Waals surface area contributed by atoms with Crippen LogP contribution in [0.2, 0.25) is 0 Å². The number of thiophene rings is 1. The molecule has 0 aliphatic rings. The van der Waals surface area contributed by atoms with Crippen molar-refractivity contribution < 1.29 is 4.39 Å². The molecule has 0 aliphatic heterocycles. The fourth-order valence-electron chi connectivity index (χ4n) is 1.36. The van der Waals surface area contributed by atoms with E-state index >= 15 is 0 Å². The molecule has 1 heterocycles. The highest BCUT2D eigenvalue weighted by Crippen LogP contribution is 2.16. The number of rotatable bonds is 3. The van der Waals surface area contributed by atoms with Crippen molar-refractivity contribution in [1.82, 2.24) is 0 Å². The van der Waals surface area contributed by atoms with Gasteiger partial charge in [-0.2, -0.15) is 0 Å². The molecule has 2 aromatic rings. The van der Waals surface area contributed by atoms with E-state index in [0.29, 0.717) is 5.56 Å². The molecule has 1 N–H and O–H groups in total. The van der Waals surface area contributed by atoms with Crippen molar-refractivity contribution >= 4 is 17.0 Å². The Kier molecular flexibility index (Phi) is 3.02. The van der Waals surface area contributed by atoms with E-state index in [1.54, 1.807) is 24.3 Å². The van der Waals surface area contributed by atoms with Gasteiger partial charge in [0, 0.05) is 17.1 Å². The van der Waals surface area contributed by atoms with Crippen molar-refractivity contribution in [2.24, 2.45) is 0 Å². The molecule has 0 aliphatic carbocycles. The summed E-state index contributed by atoms with van der Waals surface area (Å²) >= 11 is 1.71. The highest BCUT2D eigenvalue weighted by Gasteiger charge is 1.99. The molecule has 0 bridgehead atoms. The van der Waals surface area contributed by atoms with Crippen LogP contribution >= 0.6 is 11.3 Å². The largest absolute Gasteiger partial charge is 0.380 e. The number of hydrogen-bond acceptors (Lipinski definition) is 2. The minimum atomic E-state index is -0.156. The zero-order chi connectivity index (χ0) is 10.7. The maximum absolute atomic E-state index is 13.0. The minimum Gasteiger partial charge on any atom is -0.380 e. The van der Waals surface area contributed by atoms with Gasteiger partial charge in [-0.15, -0.1) is 11.3 Å². The first-order valence-electron chi connectivity index (χ1n) is 4.78. The van der Waals surface area contributed by atoms with Crippen molar-refractivity contribution in [1.29, 1.82) is 0 Å². The second kappa shape index (κ2) is 4.45. The van der Waals surface area contributed by atoms with Crippen molar-refractivity contribution in [3.05, 3.63) is 52.0 Å². The number of anilines is 1. The van der Waals surface area contributed by atoms with Crippen LogP contribution in [0.5, 0.6) is 0 Å². The van der Waals surface area contributed by atoms with Gasteiger partial charge in [-0.25, -0.2) is 4.39 Å². The van der Waals surface area contributed by atoms with Gasteiger partial charge < -0.3 is 5.32 Å². The summed E-state index contributed by atoms with van der Waals surface area (Å²) in [7, 11) is 0. The molecule has 0 saturated carbocycles. The summed E-state index contributed by atoms with van der Waals surface area (Å²) in [6.45, 7) is 2.56. The predicted octanol–water partition coefficient (Wildman–Crippen LogP) is 3.81. The molecular weight excluding hydrogens is 209 g/mol. The van der Waals surface area contributed by atoms with E-state index in [0.717, 1.165) is 12.2 Å². The van der Waals surface area contributed by atoms with E-state index in [2.05, 4.69) is 11.4 Å². The molecule has 0 spiro atoms. The van der Waals surface area contributed by atoms with Crippen molar-refractivity contribution in [3.8, 4) is 0 Å². The summed E-state index contributed by atoms with van der Waals surface area (Å²) in [5.41, 5.74) is 1.63. The lowest BCUT2D eigenvalue weighted by Gasteiger charge is -2.06. The van der Waals surface area contributed by atoms with Crippen LogP contribution in [0.4, 0.5) is 10.1 Å². The van der Waals surface area contributed by atoms with E-state index < -0.39 is 0 Å². The van der Waals surface area contributed by atoms with E-state index in [1.807, 2.05) is 17.5 Å². The van der Waals surface area contributed by atoms with Crippen LogP contribution in [0.1, 0.15) is 10.4 Å². The van der Waals surface area contributed by atoms with Gasteiger partial charge in [0.05, 0.1) is 0 Å². The highest BCUT2D eigenvalue weighted by molar-refractivity contribution is 7.09. The lowest BCUT2D eigenvalue weighted by molar-refractivity contribution is 0.618. The normalized spacial score (nSPS) is 10.3. The van der Waals surface area contributed by atoms with Crippen LogP contribution in [0, 0.1) is 12.7 Å². The maximum atomic E-state index is 13.0. The van der Waals surface area contributed by atoms with Crippen LogP contribution in [-0.2, 0) is 6.54 Å². The second-order valence-electron chi connectivity index (χ2n) is 3.40. The summed E-state index contributed by atoms with van der Waals surface area (Å²) in [4.78, 5) is 1.27. The molecular formula is C12H12FNS. The lowest BCUT2D eigenvalue weighted by Crippen LogP contribution is -1.98. The third-order valence-corrected chi connectivity index (χ3v) is 3.08. The van der Waals surface area contributed by atoms with Gasteiger partial charge >= 0.3 is 0 Å². The Labute approximate surface area is 92.6 Å². The maximum Gasteiger partial charge on any atom is 0.126 e. The first-order chi connectivity index (χ1) is 7.25. The number of nitrogens with one attached hydrogen (secondary N) is 1.